The van der Waals surface area contributed by atoms with Gasteiger partial charge in [-0.05, 0) is 36.4 Å². The maximum absolute atomic E-state index is 13.0. The minimum Gasteiger partial charge on any atom is -0.360 e. The summed E-state index contributed by atoms with van der Waals surface area (Å²) < 4.78 is 5.77. The summed E-state index contributed by atoms with van der Waals surface area (Å²) >= 11 is 19.2. The first kappa shape index (κ1) is 22.8. The van der Waals surface area contributed by atoms with Crippen molar-refractivity contribution in [2.75, 3.05) is 7.05 Å². The Morgan fingerprint density at radius 3 is 2.59 bits per heavy atom. The third-order valence-corrected chi connectivity index (χ3v) is 6.77. The number of oxime groups is 1. The summed E-state index contributed by atoms with van der Waals surface area (Å²) in [5, 5.41) is 11.0. The van der Waals surface area contributed by atoms with E-state index < -0.39 is 5.97 Å². The number of hydrogen-bond donors (Lipinski definition) is 1. The Morgan fingerprint density at radius 1 is 1.22 bits per heavy atom. The van der Waals surface area contributed by atoms with Crippen LogP contribution >= 0.6 is 47.2 Å². The van der Waals surface area contributed by atoms with Crippen molar-refractivity contribution < 1.29 is 14.2 Å². The van der Waals surface area contributed by atoms with Crippen LogP contribution in [0.3, 0.4) is 0 Å². The molecule has 0 spiro atoms. The minimum atomic E-state index is -0.750. The molecule has 0 saturated carbocycles. The molecule has 0 amide bonds. The minimum absolute atomic E-state index is 0.0917. The van der Waals surface area contributed by atoms with Crippen LogP contribution in [0.5, 0.6) is 0 Å². The van der Waals surface area contributed by atoms with E-state index in [9.17, 15) is 4.79 Å². The van der Waals surface area contributed by atoms with Crippen molar-refractivity contribution in [3.05, 3.63) is 75.5 Å². The van der Waals surface area contributed by atoms with Crippen LogP contribution in [0.15, 0.2) is 58.2 Å². The molecule has 1 aliphatic heterocycles. The van der Waals surface area contributed by atoms with Gasteiger partial charge in [0.15, 0.2) is 4.32 Å². The van der Waals surface area contributed by atoms with E-state index in [4.69, 9.17) is 44.8 Å². The zero-order valence-electron chi connectivity index (χ0n) is 16.8. The number of aromatic nitrogens is 1. The molecule has 2 aromatic carbocycles. The summed E-state index contributed by atoms with van der Waals surface area (Å²) in [6.45, 7) is 1.60. The standard InChI is InChI=1S/C21H16Cl2N4O3S2/c1-11-15(18(25-29-11)16-13(22)9-6-10-14(16)23)20(28)30-26-19-17(12-7-4-3-5-8-12)24-27(2)21(31)32-19/h3-10,17,24H,1-2H3. The van der Waals surface area contributed by atoms with Crippen LogP contribution in [0.2, 0.25) is 10.0 Å². The molecular formula is C21H16Cl2N4O3S2. The number of carbonyl (C=O) groups excluding carboxylic acids is 1. The largest absolute Gasteiger partial charge is 0.371 e. The van der Waals surface area contributed by atoms with Gasteiger partial charge in [-0.25, -0.2) is 10.2 Å². The summed E-state index contributed by atoms with van der Waals surface area (Å²) in [6.07, 6.45) is 0. The molecular weight excluding hydrogens is 491 g/mol. The van der Waals surface area contributed by atoms with Gasteiger partial charge in [-0.1, -0.05) is 82.1 Å². The highest BCUT2D eigenvalue weighted by molar-refractivity contribution is 8.33. The molecule has 1 aromatic heterocycles. The molecule has 1 atom stereocenters. The Hall–Kier alpha value is -2.43. The number of nitrogens with one attached hydrogen (secondary N) is 1. The summed E-state index contributed by atoms with van der Waals surface area (Å²) in [6, 6.07) is 14.3. The molecule has 4 rings (SSSR count). The first-order chi connectivity index (χ1) is 15.4. The number of aryl methyl sites for hydroxylation is 1. The lowest BCUT2D eigenvalue weighted by Crippen LogP contribution is -2.47. The molecule has 1 saturated heterocycles. The van der Waals surface area contributed by atoms with Crippen LogP contribution in [-0.4, -0.2) is 32.5 Å². The van der Waals surface area contributed by atoms with E-state index in [0.29, 0.717) is 25.0 Å². The Kier molecular flexibility index (Phi) is 6.82. The summed E-state index contributed by atoms with van der Waals surface area (Å²) in [7, 11) is 1.81. The third-order valence-electron chi connectivity index (χ3n) is 4.65. The molecule has 1 unspecified atom stereocenters. The van der Waals surface area contributed by atoms with Crippen molar-refractivity contribution in [3.8, 4) is 11.3 Å². The van der Waals surface area contributed by atoms with Gasteiger partial charge >= 0.3 is 5.97 Å². The van der Waals surface area contributed by atoms with Crippen molar-refractivity contribution in [2.45, 2.75) is 13.0 Å². The second-order valence-corrected chi connectivity index (χ2v) is 9.24. The first-order valence-corrected chi connectivity index (χ1v) is 11.3. The van der Waals surface area contributed by atoms with Crippen LogP contribution in [0.4, 0.5) is 0 Å². The highest BCUT2D eigenvalue weighted by atomic mass is 35.5. The van der Waals surface area contributed by atoms with E-state index in [2.05, 4.69) is 15.7 Å². The SMILES string of the molecule is Cc1onc(-c2c(Cl)cccc2Cl)c1C(=O)ON=C1SC(=S)N(C)NC1c1ccccc1. The van der Waals surface area contributed by atoms with Gasteiger partial charge in [-0.3, -0.25) is 5.01 Å². The van der Waals surface area contributed by atoms with E-state index in [-0.39, 0.29) is 23.1 Å². The molecule has 7 nitrogen and oxygen atoms in total. The molecule has 1 N–H and O–H groups in total. The number of hydrogen-bond acceptors (Lipinski definition) is 8. The molecule has 0 radical (unpaired) electrons. The van der Waals surface area contributed by atoms with Crippen molar-refractivity contribution >= 4 is 62.5 Å². The lowest BCUT2D eigenvalue weighted by molar-refractivity contribution is 0.0514. The highest BCUT2D eigenvalue weighted by Crippen LogP contribution is 2.37. The zero-order valence-corrected chi connectivity index (χ0v) is 20.0. The molecule has 1 fully saturated rings. The summed E-state index contributed by atoms with van der Waals surface area (Å²) in [5.74, 6) is -0.495. The van der Waals surface area contributed by atoms with Crippen LogP contribution in [0.1, 0.15) is 27.7 Å². The van der Waals surface area contributed by atoms with Gasteiger partial charge in [-0.2, -0.15) is 0 Å². The molecule has 11 heteroatoms. The highest BCUT2D eigenvalue weighted by Gasteiger charge is 2.31. The monoisotopic (exact) mass is 506 g/mol. The third kappa shape index (κ3) is 4.53. The van der Waals surface area contributed by atoms with Gasteiger partial charge in [0.2, 0.25) is 0 Å². The fourth-order valence-electron chi connectivity index (χ4n) is 3.09. The number of thiocarbonyl (C=S) groups is 1. The quantitative estimate of drug-likeness (QED) is 0.276. The summed E-state index contributed by atoms with van der Waals surface area (Å²) in [4.78, 5) is 18.3. The average molecular weight is 507 g/mol. The van der Waals surface area contributed by atoms with E-state index in [1.165, 1.54) is 11.8 Å². The zero-order chi connectivity index (χ0) is 22.8. The van der Waals surface area contributed by atoms with Gasteiger partial charge in [0.25, 0.3) is 0 Å². The van der Waals surface area contributed by atoms with Gasteiger partial charge in [0.05, 0.1) is 10.0 Å². The van der Waals surface area contributed by atoms with Crippen LogP contribution in [-0.2, 0) is 4.84 Å². The van der Waals surface area contributed by atoms with Crippen LogP contribution in [0.25, 0.3) is 11.3 Å². The molecule has 1 aliphatic rings. The second-order valence-electron chi connectivity index (χ2n) is 6.77. The smallest absolute Gasteiger partial charge is 0.360 e. The molecule has 164 valence electrons. The van der Waals surface area contributed by atoms with Crippen molar-refractivity contribution in [3.63, 3.8) is 0 Å². The number of benzene rings is 2. The molecule has 0 aliphatic carbocycles. The fourth-order valence-corrected chi connectivity index (χ4v) is 4.73. The number of hydrazine groups is 1. The number of halogens is 2. The van der Waals surface area contributed by atoms with Crippen molar-refractivity contribution in [1.82, 2.24) is 15.6 Å². The predicted octanol–water partition coefficient (Wildman–Crippen LogP) is 5.64. The fraction of sp³-hybridized carbons (Fsp3) is 0.143. The topological polar surface area (TPSA) is 80.0 Å². The van der Waals surface area contributed by atoms with E-state index in [1.807, 2.05) is 37.4 Å². The second kappa shape index (κ2) is 9.60. The Labute approximate surface area is 203 Å². The first-order valence-electron chi connectivity index (χ1n) is 9.33. The van der Waals surface area contributed by atoms with E-state index in [1.54, 1.807) is 30.1 Å². The number of nitrogens with zero attached hydrogens (tertiary/aromatic N) is 3. The molecule has 0 bridgehead atoms. The van der Waals surface area contributed by atoms with E-state index >= 15 is 0 Å². The maximum Gasteiger partial charge on any atom is 0.371 e. The van der Waals surface area contributed by atoms with Crippen LogP contribution < -0.4 is 5.43 Å². The van der Waals surface area contributed by atoms with Crippen molar-refractivity contribution in [2.24, 2.45) is 5.16 Å². The lowest BCUT2D eigenvalue weighted by atomic mass is 10.1. The lowest BCUT2D eigenvalue weighted by Gasteiger charge is -2.33. The number of rotatable bonds is 4. The van der Waals surface area contributed by atoms with Gasteiger partial charge in [0, 0.05) is 12.6 Å². The predicted molar refractivity (Wildman–Crippen MR) is 130 cm³/mol. The van der Waals surface area contributed by atoms with Gasteiger partial charge in [-0.15, -0.1) is 0 Å². The number of thioether (sulfide) groups is 1. The van der Waals surface area contributed by atoms with Gasteiger partial charge < -0.3 is 9.36 Å². The maximum atomic E-state index is 13.0. The van der Waals surface area contributed by atoms with Crippen molar-refractivity contribution in [1.29, 1.82) is 0 Å². The molecule has 32 heavy (non-hydrogen) atoms. The molecule has 2 heterocycles. The van der Waals surface area contributed by atoms with Gasteiger partial charge in [0.1, 0.15) is 28.1 Å². The Bertz CT molecular complexity index is 1200. The Balaban J connectivity index is 1.66. The Morgan fingerprint density at radius 2 is 1.91 bits per heavy atom. The normalized spacial score (nSPS) is 17.6. The van der Waals surface area contributed by atoms with E-state index in [0.717, 1.165) is 5.56 Å². The van der Waals surface area contributed by atoms with Crippen LogP contribution in [0, 0.1) is 6.92 Å². The summed E-state index contributed by atoms with van der Waals surface area (Å²) in [5.41, 5.74) is 4.84. The molecule has 3 aromatic rings. The number of carbonyl (C=O) groups is 1. The average Bonchev–Trinajstić information content (AvgIpc) is 3.15.